The molecule has 0 atom stereocenters. The number of aromatic nitrogens is 3. The lowest BCUT2D eigenvalue weighted by atomic mass is 10.2. The molecular weight excluding hydrogens is 248 g/mol. The van der Waals surface area contributed by atoms with Gasteiger partial charge in [-0.1, -0.05) is 25.1 Å². The van der Waals surface area contributed by atoms with Crippen LogP contribution in [0.3, 0.4) is 0 Å². The SMILES string of the molecule is CCNCc1ccccc1Sc1n[nH]c(=O)n1C. The average Bonchev–Trinajstić information content (AvgIpc) is 2.70. The Bertz CT molecular complexity index is 575. The topological polar surface area (TPSA) is 62.7 Å². The fourth-order valence-corrected chi connectivity index (χ4v) is 2.46. The van der Waals surface area contributed by atoms with Crippen molar-refractivity contribution in [2.45, 2.75) is 23.5 Å². The molecule has 0 saturated heterocycles. The van der Waals surface area contributed by atoms with Gasteiger partial charge in [-0.3, -0.25) is 4.57 Å². The van der Waals surface area contributed by atoms with E-state index >= 15 is 0 Å². The van der Waals surface area contributed by atoms with Gasteiger partial charge in [0.15, 0.2) is 5.16 Å². The van der Waals surface area contributed by atoms with Crippen LogP contribution in [0.2, 0.25) is 0 Å². The first kappa shape index (κ1) is 12.9. The zero-order valence-electron chi connectivity index (χ0n) is 10.4. The van der Waals surface area contributed by atoms with Crippen LogP contribution in [0.15, 0.2) is 39.1 Å². The lowest BCUT2D eigenvalue weighted by Crippen LogP contribution is -2.13. The Morgan fingerprint density at radius 1 is 1.44 bits per heavy atom. The third kappa shape index (κ3) is 2.83. The standard InChI is InChI=1S/C12H16N4OS/c1-3-13-8-9-6-4-5-7-10(9)18-12-15-14-11(17)16(12)2/h4-7,13H,3,8H2,1-2H3,(H,14,17). The van der Waals surface area contributed by atoms with Crippen LogP contribution in [0.25, 0.3) is 0 Å². The van der Waals surface area contributed by atoms with Crippen LogP contribution >= 0.6 is 11.8 Å². The summed E-state index contributed by atoms with van der Waals surface area (Å²) in [5.41, 5.74) is 1.02. The van der Waals surface area contributed by atoms with Gasteiger partial charge in [-0.2, -0.15) is 0 Å². The highest BCUT2D eigenvalue weighted by Gasteiger charge is 2.09. The molecular formula is C12H16N4OS. The molecule has 5 nitrogen and oxygen atoms in total. The van der Waals surface area contributed by atoms with Crippen molar-refractivity contribution in [3.63, 3.8) is 0 Å². The molecule has 0 unspecified atom stereocenters. The van der Waals surface area contributed by atoms with Crippen molar-refractivity contribution in [2.24, 2.45) is 7.05 Å². The predicted octanol–water partition coefficient (Wildman–Crippen LogP) is 1.37. The molecule has 96 valence electrons. The number of nitrogens with one attached hydrogen (secondary N) is 2. The number of hydrogen-bond donors (Lipinski definition) is 2. The summed E-state index contributed by atoms with van der Waals surface area (Å²) in [5, 5.41) is 10.4. The van der Waals surface area contributed by atoms with Gasteiger partial charge in [-0.15, -0.1) is 5.10 Å². The van der Waals surface area contributed by atoms with Gasteiger partial charge in [-0.05, 0) is 29.9 Å². The molecule has 2 aromatic rings. The van der Waals surface area contributed by atoms with Gasteiger partial charge in [0, 0.05) is 18.5 Å². The Morgan fingerprint density at radius 2 is 2.22 bits per heavy atom. The van der Waals surface area contributed by atoms with Gasteiger partial charge < -0.3 is 5.32 Å². The van der Waals surface area contributed by atoms with Gasteiger partial charge in [-0.25, -0.2) is 9.89 Å². The van der Waals surface area contributed by atoms with Crippen molar-refractivity contribution in [1.82, 2.24) is 20.1 Å². The van der Waals surface area contributed by atoms with Crippen LogP contribution < -0.4 is 11.0 Å². The van der Waals surface area contributed by atoms with Crippen molar-refractivity contribution in [1.29, 1.82) is 0 Å². The molecule has 2 rings (SSSR count). The molecule has 18 heavy (non-hydrogen) atoms. The number of rotatable bonds is 5. The van der Waals surface area contributed by atoms with E-state index in [-0.39, 0.29) is 5.69 Å². The summed E-state index contributed by atoms with van der Waals surface area (Å²) >= 11 is 1.49. The third-order valence-corrected chi connectivity index (χ3v) is 3.74. The Labute approximate surface area is 110 Å². The highest BCUT2D eigenvalue weighted by Crippen LogP contribution is 2.27. The molecule has 0 aliphatic carbocycles. The van der Waals surface area contributed by atoms with Gasteiger partial charge in [0.2, 0.25) is 0 Å². The lowest BCUT2D eigenvalue weighted by Gasteiger charge is -2.08. The Kier molecular flexibility index (Phi) is 4.22. The summed E-state index contributed by atoms with van der Waals surface area (Å²) in [5.74, 6) is 0. The Morgan fingerprint density at radius 3 is 2.89 bits per heavy atom. The van der Waals surface area contributed by atoms with Crippen LogP contribution in [0.4, 0.5) is 0 Å². The van der Waals surface area contributed by atoms with Crippen molar-refractivity contribution in [3.05, 3.63) is 40.3 Å². The Hall–Kier alpha value is -1.53. The minimum atomic E-state index is -0.193. The quantitative estimate of drug-likeness (QED) is 0.856. The predicted molar refractivity (Wildman–Crippen MR) is 71.8 cm³/mol. The molecule has 1 heterocycles. The van der Waals surface area contributed by atoms with Gasteiger partial charge in [0.1, 0.15) is 0 Å². The fraction of sp³-hybridized carbons (Fsp3) is 0.333. The molecule has 0 aliphatic rings. The fourth-order valence-electron chi connectivity index (χ4n) is 1.53. The summed E-state index contributed by atoms with van der Waals surface area (Å²) in [7, 11) is 1.71. The van der Waals surface area contributed by atoms with E-state index in [9.17, 15) is 4.79 Å². The zero-order chi connectivity index (χ0) is 13.0. The number of aromatic amines is 1. The number of hydrogen-bond acceptors (Lipinski definition) is 4. The first-order valence-electron chi connectivity index (χ1n) is 5.80. The largest absolute Gasteiger partial charge is 0.343 e. The maximum atomic E-state index is 11.3. The van der Waals surface area contributed by atoms with Crippen molar-refractivity contribution in [2.75, 3.05) is 6.54 Å². The number of benzene rings is 1. The van der Waals surface area contributed by atoms with E-state index in [2.05, 4.69) is 28.5 Å². The van der Waals surface area contributed by atoms with E-state index in [1.165, 1.54) is 21.9 Å². The smallest absolute Gasteiger partial charge is 0.313 e. The molecule has 0 fully saturated rings. The lowest BCUT2D eigenvalue weighted by molar-refractivity contribution is 0.716. The second kappa shape index (κ2) is 5.88. The summed E-state index contributed by atoms with van der Waals surface area (Å²) in [6.45, 7) is 3.82. The van der Waals surface area contributed by atoms with Crippen LogP contribution in [0.1, 0.15) is 12.5 Å². The molecule has 0 aliphatic heterocycles. The molecule has 0 spiro atoms. The van der Waals surface area contributed by atoms with E-state index in [0.29, 0.717) is 5.16 Å². The first-order chi connectivity index (χ1) is 8.72. The maximum absolute atomic E-state index is 11.3. The van der Waals surface area contributed by atoms with Gasteiger partial charge in [0.25, 0.3) is 0 Å². The summed E-state index contributed by atoms with van der Waals surface area (Å²) < 4.78 is 1.51. The molecule has 0 radical (unpaired) electrons. The molecule has 0 bridgehead atoms. The highest BCUT2D eigenvalue weighted by atomic mass is 32.2. The molecule has 0 saturated carbocycles. The minimum absolute atomic E-state index is 0.193. The first-order valence-corrected chi connectivity index (χ1v) is 6.62. The van der Waals surface area contributed by atoms with E-state index in [1.54, 1.807) is 7.05 Å². The van der Waals surface area contributed by atoms with Gasteiger partial charge >= 0.3 is 5.69 Å². The Balaban J connectivity index is 2.23. The second-order valence-electron chi connectivity index (χ2n) is 3.86. The summed E-state index contributed by atoms with van der Waals surface area (Å²) in [6.07, 6.45) is 0. The van der Waals surface area contributed by atoms with Crippen molar-refractivity contribution < 1.29 is 0 Å². The van der Waals surface area contributed by atoms with Crippen molar-refractivity contribution >= 4 is 11.8 Å². The van der Waals surface area contributed by atoms with E-state index in [4.69, 9.17) is 0 Å². The molecule has 2 N–H and O–H groups in total. The highest BCUT2D eigenvalue weighted by molar-refractivity contribution is 7.99. The summed E-state index contributed by atoms with van der Waals surface area (Å²) in [6, 6.07) is 8.12. The van der Waals surface area contributed by atoms with Crippen LogP contribution in [0.5, 0.6) is 0 Å². The molecule has 0 amide bonds. The summed E-state index contributed by atoms with van der Waals surface area (Å²) in [4.78, 5) is 12.4. The number of nitrogens with zero attached hydrogens (tertiary/aromatic N) is 2. The molecule has 6 heteroatoms. The average molecular weight is 264 g/mol. The third-order valence-electron chi connectivity index (χ3n) is 2.58. The van der Waals surface area contributed by atoms with E-state index in [0.717, 1.165) is 18.0 Å². The monoisotopic (exact) mass is 264 g/mol. The second-order valence-corrected chi connectivity index (χ2v) is 4.87. The molecule has 1 aromatic heterocycles. The van der Waals surface area contributed by atoms with E-state index in [1.807, 2.05) is 18.2 Å². The normalized spacial score (nSPS) is 10.8. The molecule has 1 aromatic carbocycles. The van der Waals surface area contributed by atoms with Gasteiger partial charge in [0.05, 0.1) is 0 Å². The van der Waals surface area contributed by atoms with Crippen LogP contribution in [-0.2, 0) is 13.6 Å². The zero-order valence-corrected chi connectivity index (χ0v) is 11.3. The maximum Gasteiger partial charge on any atom is 0.343 e. The van der Waals surface area contributed by atoms with Crippen LogP contribution in [-0.4, -0.2) is 21.3 Å². The van der Waals surface area contributed by atoms with E-state index < -0.39 is 0 Å². The minimum Gasteiger partial charge on any atom is -0.313 e. The van der Waals surface area contributed by atoms with Crippen molar-refractivity contribution in [3.8, 4) is 0 Å². The number of H-pyrrole nitrogens is 1. The van der Waals surface area contributed by atoms with Crippen LogP contribution in [0, 0.1) is 0 Å².